The molecule has 3 heterocycles. The maximum absolute atomic E-state index is 12.5. The topological polar surface area (TPSA) is 75.6 Å². The van der Waals surface area contributed by atoms with Crippen LogP contribution in [0.25, 0.3) is 0 Å². The van der Waals surface area contributed by atoms with Crippen molar-refractivity contribution in [2.75, 3.05) is 30.3 Å². The number of nitrogens with zero attached hydrogens (tertiary/aromatic N) is 4. The minimum atomic E-state index is -3.28. The highest BCUT2D eigenvalue weighted by molar-refractivity contribution is 7.89. The zero-order valence-electron chi connectivity index (χ0n) is 18.0. The Labute approximate surface area is 179 Å². The number of ether oxygens (including phenoxy) is 1. The van der Waals surface area contributed by atoms with E-state index in [-0.39, 0.29) is 12.3 Å². The molecule has 7 nitrogen and oxygen atoms in total. The maximum atomic E-state index is 12.5. The lowest BCUT2D eigenvalue weighted by Crippen LogP contribution is -2.38. The molecule has 4 rings (SSSR count). The molecule has 1 fully saturated rings. The van der Waals surface area contributed by atoms with Gasteiger partial charge in [0, 0.05) is 32.6 Å². The summed E-state index contributed by atoms with van der Waals surface area (Å²) in [4.78, 5) is 11.8. The van der Waals surface area contributed by atoms with Crippen LogP contribution in [0.5, 0.6) is 11.6 Å². The van der Waals surface area contributed by atoms with Gasteiger partial charge in [-0.25, -0.2) is 13.4 Å². The lowest BCUT2D eigenvalue weighted by molar-refractivity contribution is 0.368. The molecule has 0 unspecified atom stereocenters. The molecule has 8 heteroatoms. The normalized spacial score (nSPS) is 18.3. The molecule has 1 saturated heterocycles. The van der Waals surface area contributed by atoms with Crippen LogP contribution < -0.4 is 9.64 Å². The lowest BCUT2D eigenvalue weighted by atomic mass is 9.99. The number of sulfonamides is 1. The van der Waals surface area contributed by atoms with Crippen molar-refractivity contribution in [3.63, 3.8) is 0 Å². The zero-order chi connectivity index (χ0) is 21.3. The molecule has 0 N–H and O–H groups in total. The highest BCUT2D eigenvalue weighted by Crippen LogP contribution is 2.33. The van der Waals surface area contributed by atoms with Crippen LogP contribution in [0.4, 0.5) is 5.95 Å². The second-order valence-electron chi connectivity index (χ2n) is 8.32. The molecule has 0 bridgehead atoms. The summed E-state index contributed by atoms with van der Waals surface area (Å²) < 4.78 is 32.6. The van der Waals surface area contributed by atoms with E-state index in [1.165, 1.54) is 4.31 Å². The zero-order valence-corrected chi connectivity index (χ0v) is 18.8. The molecule has 0 atom stereocenters. The Morgan fingerprint density at radius 1 is 1.10 bits per heavy atom. The van der Waals surface area contributed by atoms with Crippen LogP contribution >= 0.6 is 0 Å². The van der Waals surface area contributed by atoms with Gasteiger partial charge in [-0.2, -0.15) is 9.29 Å². The molecular weight excluding hydrogens is 400 g/mol. The lowest BCUT2D eigenvalue weighted by Gasteiger charge is -2.32. The van der Waals surface area contributed by atoms with Crippen LogP contribution in [-0.2, 0) is 23.0 Å². The molecule has 2 aliphatic heterocycles. The third kappa shape index (κ3) is 4.44. The number of aromatic nitrogens is 2. The minimum absolute atomic E-state index is 0.0847. The fourth-order valence-corrected chi connectivity index (χ4v) is 4.98. The SMILES string of the molecule is CCS(=O)(=O)N1CCc2nc(N3CCC(C)CC3)nc(Oc3ccc(C)cc3)c2C1. The summed E-state index contributed by atoms with van der Waals surface area (Å²) in [5.74, 6) is 2.65. The van der Waals surface area contributed by atoms with Crippen molar-refractivity contribution in [3.05, 3.63) is 41.1 Å². The van der Waals surface area contributed by atoms with Gasteiger partial charge in [-0.15, -0.1) is 0 Å². The summed E-state index contributed by atoms with van der Waals surface area (Å²) in [7, 11) is -3.28. The number of benzene rings is 1. The van der Waals surface area contributed by atoms with Crippen LogP contribution in [0.2, 0.25) is 0 Å². The molecule has 30 heavy (non-hydrogen) atoms. The Morgan fingerprint density at radius 2 is 1.80 bits per heavy atom. The number of piperidine rings is 1. The summed E-state index contributed by atoms with van der Waals surface area (Å²) >= 11 is 0. The monoisotopic (exact) mass is 430 g/mol. The highest BCUT2D eigenvalue weighted by Gasteiger charge is 2.31. The predicted octanol–water partition coefficient (Wildman–Crippen LogP) is 3.52. The highest BCUT2D eigenvalue weighted by atomic mass is 32.2. The Bertz CT molecular complexity index is 1000. The quantitative estimate of drug-likeness (QED) is 0.722. The van der Waals surface area contributed by atoms with Gasteiger partial charge in [0.05, 0.1) is 17.0 Å². The first-order valence-electron chi connectivity index (χ1n) is 10.7. The smallest absolute Gasteiger partial charge is 0.228 e. The van der Waals surface area contributed by atoms with Gasteiger partial charge in [0.15, 0.2) is 0 Å². The van der Waals surface area contributed by atoms with E-state index in [0.29, 0.717) is 30.5 Å². The standard InChI is InChI=1S/C22H30N4O3S/c1-4-30(27,28)26-14-11-20-19(15-26)21(29-18-7-5-16(2)6-8-18)24-22(23-20)25-12-9-17(3)10-13-25/h5-8,17H,4,9-15H2,1-3H3. The van der Waals surface area contributed by atoms with Crippen molar-refractivity contribution in [3.8, 4) is 11.6 Å². The van der Waals surface area contributed by atoms with Gasteiger partial charge < -0.3 is 9.64 Å². The maximum Gasteiger partial charge on any atom is 0.228 e. The molecule has 2 aliphatic rings. The van der Waals surface area contributed by atoms with Crippen molar-refractivity contribution in [1.29, 1.82) is 0 Å². The number of aryl methyl sites for hydroxylation is 1. The fourth-order valence-electron chi connectivity index (χ4n) is 3.92. The van der Waals surface area contributed by atoms with Gasteiger partial charge >= 0.3 is 0 Å². The molecular formula is C22H30N4O3S. The van der Waals surface area contributed by atoms with Crippen LogP contribution in [0.1, 0.15) is 43.5 Å². The summed E-state index contributed by atoms with van der Waals surface area (Å²) in [5.41, 5.74) is 2.81. The van der Waals surface area contributed by atoms with Crippen LogP contribution in [0.15, 0.2) is 24.3 Å². The average Bonchev–Trinajstić information content (AvgIpc) is 2.75. The van der Waals surface area contributed by atoms with Gasteiger partial charge in [0.1, 0.15) is 5.75 Å². The summed E-state index contributed by atoms with van der Waals surface area (Å²) in [6.45, 7) is 8.54. The number of rotatable bonds is 5. The average molecular weight is 431 g/mol. The third-order valence-electron chi connectivity index (χ3n) is 6.04. The third-order valence-corrected chi connectivity index (χ3v) is 7.86. The summed E-state index contributed by atoms with van der Waals surface area (Å²) in [6, 6.07) is 7.80. The largest absolute Gasteiger partial charge is 0.439 e. The van der Waals surface area contributed by atoms with Crippen LogP contribution in [0, 0.1) is 12.8 Å². The van der Waals surface area contributed by atoms with Gasteiger partial charge in [-0.05, 0) is 44.7 Å². The molecule has 1 aromatic heterocycles. The van der Waals surface area contributed by atoms with E-state index in [0.717, 1.165) is 48.7 Å². The van der Waals surface area contributed by atoms with Gasteiger partial charge in [-0.1, -0.05) is 24.6 Å². The second-order valence-corrected chi connectivity index (χ2v) is 10.6. The molecule has 0 radical (unpaired) electrons. The predicted molar refractivity (Wildman–Crippen MR) is 117 cm³/mol. The van der Waals surface area contributed by atoms with Crippen molar-refractivity contribution < 1.29 is 13.2 Å². The second kappa shape index (κ2) is 8.51. The number of fused-ring (bicyclic) bond motifs is 1. The summed E-state index contributed by atoms with van der Waals surface area (Å²) in [5, 5.41) is 0. The van der Waals surface area contributed by atoms with Crippen LogP contribution in [-0.4, -0.2) is 48.1 Å². The Hall–Kier alpha value is -2.19. The molecule has 0 aliphatic carbocycles. The molecule has 2 aromatic rings. The number of hydrogen-bond donors (Lipinski definition) is 0. The molecule has 0 spiro atoms. The molecule has 162 valence electrons. The first kappa shape index (κ1) is 21.1. The van der Waals surface area contributed by atoms with E-state index in [1.54, 1.807) is 6.92 Å². The van der Waals surface area contributed by atoms with Crippen molar-refractivity contribution >= 4 is 16.0 Å². The molecule has 1 aromatic carbocycles. The van der Waals surface area contributed by atoms with E-state index in [1.807, 2.05) is 31.2 Å². The van der Waals surface area contributed by atoms with E-state index >= 15 is 0 Å². The fraction of sp³-hybridized carbons (Fsp3) is 0.545. The van der Waals surface area contributed by atoms with Gasteiger partial charge in [0.2, 0.25) is 21.9 Å². The van der Waals surface area contributed by atoms with Gasteiger partial charge in [-0.3, -0.25) is 0 Å². The van der Waals surface area contributed by atoms with E-state index in [9.17, 15) is 8.42 Å². The first-order chi connectivity index (χ1) is 14.4. The van der Waals surface area contributed by atoms with Crippen molar-refractivity contribution in [2.45, 2.75) is 46.6 Å². The van der Waals surface area contributed by atoms with E-state index in [4.69, 9.17) is 14.7 Å². The number of hydrogen-bond acceptors (Lipinski definition) is 6. The number of anilines is 1. The first-order valence-corrected chi connectivity index (χ1v) is 12.3. The van der Waals surface area contributed by atoms with E-state index < -0.39 is 10.0 Å². The Morgan fingerprint density at radius 3 is 2.47 bits per heavy atom. The summed E-state index contributed by atoms with van der Waals surface area (Å²) in [6.07, 6.45) is 2.81. The Balaban J connectivity index is 1.70. The van der Waals surface area contributed by atoms with Gasteiger partial charge in [0.25, 0.3) is 0 Å². The Kier molecular flexibility index (Phi) is 5.97. The van der Waals surface area contributed by atoms with E-state index in [2.05, 4.69) is 11.8 Å². The van der Waals surface area contributed by atoms with Crippen LogP contribution in [0.3, 0.4) is 0 Å². The van der Waals surface area contributed by atoms with Crippen molar-refractivity contribution in [1.82, 2.24) is 14.3 Å². The minimum Gasteiger partial charge on any atom is -0.439 e. The van der Waals surface area contributed by atoms with Crippen molar-refractivity contribution in [2.24, 2.45) is 5.92 Å². The molecule has 0 amide bonds. The molecule has 0 saturated carbocycles.